The van der Waals surface area contributed by atoms with Gasteiger partial charge in [0.05, 0.1) is 12.2 Å². The van der Waals surface area contributed by atoms with Gasteiger partial charge in [-0.25, -0.2) is 19.4 Å². The molecule has 0 radical (unpaired) electrons. The summed E-state index contributed by atoms with van der Waals surface area (Å²) in [6.45, 7) is 10.3. The number of alkyl halides is 1. The molecule has 1 heterocycles. The second-order valence-electron chi connectivity index (χ2n) is 9.22. The molecule has 5 N–H and O–H groups in total. The maximum absolute atomic E-state index is 15.8. The van der Waals surface area contributed by atoms with Gasteiger partial charge >= 0.3 is 25.3 Å². The van der Waals surface area contributed by atoms with Crippen LogP contribution in [-0.2, 0) is 32.9 Å². The zero-order valence-corrected chi connectivity index (χ0v) is 23.7. The lowest BCUT2D eigenvalue weighted by Gasteiger charge is -2.33. The number of hydrogen-bond acceptors (Lipinski definition) is 11. The van der Waals surface area contributed by atoms with Crippen molar-refractivity contribution in [3.63, 3.8) is 0 Å². The Bertz CT molecular complexity index is 1020. The van der Waals surface area contributed by atoms with E-state index < -0.39 is 74.4 Å². The summed E-state index contributed by atoms with van der Waals surface area (Å²) in [6.07, 6.45) is -2.89. The van der Waals surface area contributed by atoms with Crippen molar-refractivity contribution in [2.24, 2.45) is 0 Å². The highest BCUT2D eigenvalue weighted by atomic mass is 31.2. The molecule has 0 aliphatic rings. The number of nitrogens with zero attached hydrogens (tertiary/aromatic N) is 2. The third-order valence-electron chi connectivity index (χ3n) is 4.81. The molecule has 5 atom stereocenters. The van der Waals surface area contributed by atoms with E-state index in [9.17, 15) is 24.1 Å². The molecule has 1 rings (SSSR count). The molecule has 0 fully saturated rings. The SMILES string of the molecule is CC(C)OC(=O)[C@H](C)NP(=O)(N[C@@H](C)C(=O)OC(C)C)OC[C@@](F)(O[C@H](C)n1ccc(N)nc1=O)[C@H](C)O. The number of rotatable bonds is 15. The predicted octanol–water partition coefficient (Wildman–Crippen LogP) is 1.39. The Morgan fingerprint density at radius 2 is 1.55 bits per heavy atom. The zero-order valence-electron chi connectivity index (χ0n) is 22.8. The molecule has 1 aromatic rings. The lowest BCUT2D eigenvalue weighted by Crippen LogP contribution is -2.48. The number of esters is 2. The summed E-state index contributed by atoms with van der Waals surface area (Å²) in [4.78, 5) is 40.2. The minimum absolute atomic E-state index is 0.0582. The molecule has 1 aromatic heterocycles. The minimum Gasteiger partial charge on any atom is -0.462 e. The van der Waals surface area contributed by atoms with E-state index in [-0.39, 0.29) is 5.82 Å². The van der Waals surface area contributed by atoms with Crippen LogP contribution in [0.4, 0.5) is 10.2 Å². The van der Waals surface area contributed by atoms with Gasteiger partial charge in [0, 0.05) is 6.20 Å². The predicted molar refractivity (Wildman–Crippen MR) is 135 cm³/mol. The van der Waals surface area contributed by atoms with Crippen LogP contribution in [0, 0.1) is 0 Å². The average Bonchev–Trinajstić information content (AvgIpc) is 2.76. The molecule has 0 aromatic carbocycles. The van der Waals surface area contributed by atoms with Gasteiger partial charge in [0.2, 0.25) is 0 Å². The molecule has 0 unspecified atom stereocenters. The number of carbonyl (C=O) groups excluding carboxylic acids is 2. The van der Waals surface area contributed by atoms with Gasteiger partial charge in [0.25, 0.3) is 5.85 Å². The average molecular weight is 568 g/mol. The minimum atomic E-state index is -4.42. The van der Waals surface area contributed by atoms with Gasteiger partial charge in [0.1, 0.15) is 36.8 Å². The summed E-state index contributed by atoms with van der Waals surface area (Å²) < 4.78 is 51.2. The second kappa shape index (κ2) is 14.1. The monoisotopic (exact) mass is 567 g/mol. The van der Waals surface area contributed by atoms with Crippen LogP contribution >= 0.6 is 7.67 Å². The summed E-state index contributed by atoms with van der Waals surface area (Å²) in [5, 5.41) is 14.9. The van der Waals surface area contributed by atoms with E-state index in [4.69, 9.17) is 24.5 Å². The van der Waals surface area contributed by atoms with Crippen LogP contribution in [0.2, 0.25) is 0 Å². The van der Waals surface area contributed by atoms with E-state index in [0.29, 0.717) is 0 Å². The van der Waals surface area contributed by atoms with Gasteiger partial charge in [0.15, 0.2) is 0 Å². The molecule has 38 heavy (non-hydrogen) atoms. The van der Waals surface area contributed by atoms with Crippen molar-refractivity contribution >= 4 is 25.4 Å². The largest absolute Gasteiger partial charge is 0.462 e. The van der Waals surface area contributed by atoms with E-state index >= 15 is 4.39 Å². The number of nitrogens with two attached hydrogens (primary N) is 1. The third-order valence-corrected chi connectivity index (χ3v) is 6.76. The number of aromatic nitrogens is 2. The molecule has 0 aliphatic heterocycles. The highest BCUT2D eigenvalue weighted by Crippen LogP contribution is 2.41. The topological polar surface area (TPSA) is 193 Å². The normalized spacial score (nSPS) is 16.9. The van der Waals surface area contributed by atoms with Gasteiger partial charge in [-0.05, 0) is 61.5 Å². The summed E-state index contributed by atoms with van der Waals surface area (Å²) in [6, 6.07) is -1.15. The second-order valence-corrected chi connectivity index (χ2v) is 11.1. The van der Waals surface area contributed by atoms with Gasteiger partial charge in [-0.2, -0.15) is 4.98 Å². The van der Waals surface area contributed by atoms with Crippen molar-refractivity contribution in [2.45, 2.75) is 97.9 Å². The first-order valence-corrected chi connectivity index (χ1v) is 13.6. The van der Waals surface area contributed by atoms with Gasteiger partial charge in [-0.1, -0.05) is 0 Å². The molecule has 0 spiro atoms. The van der Waals surface area contributed by atoms with Crippen LogP contribution in [-0.4, -0.2) is 69.5 Å². The summed E-state index contributed by atoms with van der Waals surface area (Å²) in [7, 11) is -4.42. The molecule has 0 bridgehead atoms. The van der Waals surface area contributed by atoms with Crippen LogP contribution in [0.15, 0.2) is 17.1 Å². The Kier molecular flexibility index (Phi) is 12.5. The van der Waals surface area contributed by atoms with Crippen LogP contribution in [0.3, 0.4) is 0 Å². The smallest absolute Gasteiger partial charge is 0.351 e. The van der Waals surface area contributed by atoms with Gasteiger partial charge in [-0.15, -0.1) is 0 Å². The number of anilines is 1. The van der Waals surface area contributed by atoms with E-state index in [0.717, 1.165) is 11.5 Å². The fraction of sp³-hybridized carbons (Fsp3) is 0.727. The first kappa shape index (κ1) is 33.6. The van der Waals surface area contributed by atoms with E-state index in [1.807, 2.05) is 0 Å². The molecular formula is C22H39FN5O9P. The van der Waals surface area contributed by atoms with Crippen molar-refractivity contribution in [1.29, 1.82) is 0 Å². The number of ether oxygens (including phenoxy) is 3. The molecule has 0 saturated carbocycles. The Hall–Kier alpha value is -2.42. The maximum Gasteiger partial charge on any atom is 0.351 e. The first-order chi connectivity index (χ1) is 17.4. The molecule has 16 heteroatoms. The van der Waals surface area contributed by atoms with Crippen molar-refractivity contribution in [2.75, 3.05) is 12.3 Å². The number of aliphatic hydroxyl groups excluding tert-OH is 1. The fourth-order valence-corrected chi connectivity index (χ4v) is 4.68. The Morgan fingerprint density at radius 3 is 1.95 bits per heavy atom. The van der Waals surface area contributed by atoms with Gasteiger partial charge in [-0.3, -0.25) is 23.2 Å². The first-order valence-electron chi connectivity index (χ1n) is 12.0. The molecule has 14 nitrogen and oxygen atoms in total. The van der Waals surface area contributed by atoms with Crippen molar-refractivity contribution in [3.05, 3.63) is 22.7 Å². The van der Waals surface area contributed by atoms with Crippen molar-refractivity contribution in [1.82, 2.24) is 19.7 Å². The van der Waals surface area contributed by atoms with E-state index in [1.54, 1.807) is 27.7 Å². The Balaban J connectivity index is 3.20. The van der Waals surface area contributed by atoms with E-state index in [2.05, 4.69) is 15.2 Å². The Morgan fingerprint density at radius 1 is 1.08 bits per heavy atom. The number of halogens is 1. The number of nitrogen functional groups attached to an aromatic ring is 1. The Labute approximate surface area is 220 Å². The summed E-state index contributed by atoms with van der Waals surface area (Å²) >= 11 is 0. The van der Waals surface area contributed by atoms with Gasteiger partial charge < -0.3 is 25.1 Å². The highest BCUT2D eigenvalue weighted by molar-refractivity contribution is 7.54. The fourth-order valence-electron chi connectivity index (χ4n) is 2.87. The molecule has 0 aliphatic carbocycles. The molecule has 218 valence electrons. The lowest BCUT2D eigenvalue weighted by molar-refractivity contribution is -0.254. The number of hydrogen-bond donors (Lipinski definition) is 4. The number of carbonyl (C=O) groups is 2. The van der Waals surface area contributed by atoms with Crippen molar-refractivity contribution in [3.8, 4) is 0 Å². The molecular weight excluding hydrogens is 528 g/mol. The summed E-state index contributed by atoms with van der Waals surface area (Å²) in [5.74, 6) is -4.64. The van der Waals surface area contributed by atoms with E-state index in [1.165, 1.54) is 33.0 Å². The lowest BCUT2D eigenvalue weighted by atomic mass is 10.2. The standard InChI is InChI=1S/C22H39FN5O9P/c1-12(2)35-19(30)14(5)26-38(33,27-15(6)20(31)36-13(3)4)34-11-22(23,16(7)29)37-17(8)28-10-9-18(24)25-21(28)32/h9-10,12-17,29H,11H2,1-8H3,(H2,24,25,32)(H2,26,27,33)/t14-,15-,16-,17+,22+/m0/s1. The van der Waals surface area contributed by atoms with Crippen LogP contribution < -0.4 is 21.6 Å². The quantitative estimate of drug-likeness (QED) is 0.176. The molecule has 0 amide bonds. The van der Waals surface area contributed by atoms with Crippen LogP contribution in [0.5, 0.6) is 0 Å². The highest BCUT2D eigenvalue weighted by Gasteiger charge is 2.43. The zero-order chi connectivity index (χ0) is 29.4. The molecule has 0 saturated heterocycles. The van der Waals surface area contributed by atoms with Crippen LogP contribution in [0.1, 0.15) is 61.6 Å². The maximum atomic E-state index is 15.8. The van der Waals surface area contributed by atoms with Crippen LogP contribution in [0.25, 0.3) is 0 Å². The summed E-state index contributed by atoms with van der Waals surface area (Å²) in [5.41, 5.74) is 4.63. The van der Waals surface area contributed by atoms with Crippen molar-refractivity contribution < 1.29 is 42.4 Å². The third kappa shape index (κ3) is 10.4. The number of nitrogens with one attached hydrogen (secondary N) is 2. The number of aliphatic hydroxyl groups is 1.